The lowest BCUT2D eigenvalue weighted by Crippen LogP contribution is -2.44. The molecular formula is C16H24F3NO3S. The molecule has 0 heterocycles. The van der Waals surface area contributed by atoms with Crippen LogP contribution in [0.4, 0.5) is 13.2 Å². The summed E-state index contributed by atoms with van der Waals surface area (Å²) in [5, 5.41) is -0.915. The van der Waals surface area contributed by atoms with Gasteiger partial charge in [0.25, 0.3) is 0 Å². The van der Waals surface area contributed by atoms with Crippen LogP contribution in [-0.4, -0.2) is 25.8 Å². The first-order valence-electron chi connectivity index (χ1n) is 8.28. The highest BCUT2D eigenvalue weighted by Crippen LogP contribution is 2.39. The highest BCUT2D eigenvalue weighted by atomic mass is 32.2. The van der Waals surface area contributed by atoms with E-state index < -0.39 is 33.3 Å². The lowest BCUT2D eigenvalue weighted by atomic mass is 9.85. The minimum absolute atomic E-state index is 0.0600. The van der Waals surface area contributed by atoms with Gasteiger partial charge in [-0.25, -0.2) is 8.42 Å². The molecule has 4 nitrogen and oxygen atoms in total. The molecule has 0 spiro atoms. The molecule has 8 heteroatoms. The number of allylic oxidation sites excluding steroid dienone is 2. The molecule has 138 valence electrons. The van der Waals surface area contributed by atoms with Crippen molar-refractivity contribution in [2.75, 3.05) is 0 Å². The molecule has 1 amide bonds. The van der Waals surface area contributed by atoms with Crippen LogP contribution < -0.4 is 4.72 Å². The van der Waals surface area contributed by atoms with Crippen molar-refractivity contribution < 1.29 is 26.4 Å². The van der Waals surface area contributed by atoms with Crippen LogP contribution in [0.3, 0.4) is 0 Å². The summed E-state index contributed by atoms with van der Waals surface area (Å²) in [5.74, 6) is -2.34. The largest absolute Gasteiger partial charge is 0.391 e. The molecule has 2 rings (SSSR count). The number of hydrogen-bond acceptors (Lipinski definition) is 3. The van der Waals surface area contributed by atoms with E-state index in [0.29, 0.717) is 12.8 Å². The fourth-order valence-corrected chi connectivity index (χ4v) is 4.99. The van der Waals surface area contributed by atoms with Gasteiger partial charge in [-0.15, -0.1) is 0 Å². The van der Waals surface area contributed by atoms with Crippen LogP contribution in [0.1, 0.15) is 58.8 Å². The Hall–Kier alpha value is -1.05. The van der Waals surface area contributed by atoms with Crippen LogP contribution in [0.2, 0.25) is 0 Å². The van der Waals surface area contributed by atoms with Gasteiger partial charge >= 0.3 is 6.18 Å². The van der Waals surface area contributed by atoms with Crippen molar-refractivity contribution in [3.8, 4) is 0 Å². The Bertz CT molecular complexity index is 617. The standard InChI is InChI=1S/C16H24F3NO3S/c1-10-3-4-12(9-11(10)2)15(21)20-24(22,23)14-7-5-13(6-8-14)16(17,18)19/h12-14H,3-9H2,1-2H3,(H,20,21). The van der Waals surface area contributed by atoms with Gasteiger partial charge in [-0.3, -0.25) is 9.52 Å². The Morgan fingerprint density at radius 1 is 1.04 bits per heavy atom. The molecule has 0 aromatic carbocycles. The Morgan fingerprint density at radius 2 is 1.62 bits per heavy atom. The van der Waals surface area contributed by atoms with E-state index in [1.54, 1.807) is 0 Å². The van der Waals surface area contributed by atoms with Crippen LogP contribution >= 0.6 is 0 Å². The first-order chi connectivity index (χ1) is 11.0. The zero-order valence-electron chi connectivity index (χ0n) is 13.9. The van der Waals surface area contributed by atoms with Gasteiger partial charge in [-0.2, -0.15) is 13.2 Å². The number of sulfonamides is 1. The van der Waals surface area contributed by atoms with E-state index in [2.05, 4.69) is 4.72 Å². The number of nitrogens with one attached hydrogen (secondary N) is 1. The number of halogens is 3. The van der Waals surface area contributed by atoms with Crippen molar-refractivity contribution in [3.63, 3.8) is 0 Å². The third-order valence-corrected chi connectivity index (χ3v) is 7.17. The van der Waals surface area contributed by atoms with Crippen molar-refractivity contribution in [1.29, 1.82) is 0 Å². The van der Waals surface area contributed by atoms with Gasteiger partial charge in [0.1, 0.15) is 0 Å². The summed E-state index contributed by atoms with van der Waals surface area (Å²) in [6.07, 6.45) is -2.89. The third-order valence-electron chi connectivity index (χ3n) is 5.34. The first kappa shape index (κ1) is 19.3. The van der Waals surface area contributed by atoms with E-state index in [-0.39, 0.29) is 31.6 Å². The highest BCUT2D eigenvalue weighted by Gasteiger charge is 2.44. The predicted molar refractivity (Wildman–Crippen MR) is 84.6 cm³/mol. The molecule has 1 fully saturated rings. The van der Waals surface area contributed by atoms with E-state index in [1.165, 1.54) is 5.57 Å². The average Bonchev–Trinajstić information content (AvgIpc) is 2.49. The zero-order valence-corrected chi connectivity index (χ0v) is 14.8. The topological polar surface area (TPSA) is 63.2 Å². The third kappa shape index (κ3) is 4.52. The quantitative estimate of drug-likeness (QED) is 0.774. The van der Waals surface area contributed by atoms with Crippen molar-refractivity contribution >= 4 is 15.9 Å². The van der Waals surface area contributed by atoms with Crippen LogP contribution in [-0.2, 0) is 14.8 Å². The second-order valence-electron chi connectivity index (χ2n) is 7.03. The molecule has 2 aliphatic carbocycles. The maximum absolute atomic E-state index is 12.7. The number of alkyl halides is 3. The number of rotatable bonds is 3. The van der Waals surface area contributed by atoms with Gasteiger partial charge in [0.15, 0.2) is 0 Å². The maximum atomic E-state index is 12.7. The highest BCUT2D eigenvalue weighted by molar-refractivity contribution is 7.90. The Balaban J connectivity index is 1.94. The monoisotopic (exact) mass is 367 g/mol. The summed E-state index contributed by atoms with van der Waals surface area (Å²) in [6, 6.07) is 0. The lowest BCUT2D eigenvalue weighted by molar-refractivity contribution is -0.181. The van der Waals surface area contributed by atoms with Crippen molar-refractivity contribution in [2.24, 2.45) is 11.8 Å². The summed E-state index contributed by atoms with van der Waals surface area (Å²) < 4.78 is 64.7. The molecule has 0 saturated heterocycles. The van der Waals surface area contributed by atoms with Gasteiger partial charge in [-0.05, 0) is 58.8 Å². The van der Waals surface area contributed by atoms with Crippen LogP contribution in [0.25, 0.3) is 0 Å². The van der Waals surface area contributed by atoms with Gasteiger partial charge in [0.2, 0.25) is 15.9 Å². The molecule has 0 aliphatic heterocycles. The van der Waals surface area contributed by atoms with Gasteiger partial charge in [-0.1, -0.05) is 11.1 Å². The van der Waals surface area contributed by atoms with E-state index in [0.717, 1.165) is 12.0 Å². The van der Waals surface area contributed by atoms with Crippen LogP contribution in [0, 0.1) is 11.8 Å². The van der Waals surface area contributed by atoms with Crippen molar-refractivity contribution in [3.05, 3.63) is 11.1 Å². The second-order valence-corrected chi connectivity index (χ2v) is 8.99. The molecule has 1 N–H and O–H groups in total. The lowest BCUT2D eigenvalue weighted by Gasteiger charge is -2.30. The summed E-state index contributed by atoms with van der Waals surface area (Å²) in [6.45, 7) is 3.93. The molecule has 0 radical (unpaired) electrons. The fraction of sp³-hybridized carbons (Fsp3) is 0.812. The van der Waals surface area contributed by atoms with E-state index in [4.69, 9.17) is 0 Å². The molecule has 1 atom stereocenters. The Morgan fingerprint density at radius 3 is 2.12 bits per heavy atom. The smallest absolute Gasteiger partial charge is 0.274 e. The second kappa shape index (κ2) is 7.06. The average molecular weight is 367 g/mol. The SMILES string of the molecule is CC1=C(C)CC(C(=O)NS(=O)(=O)C2CCC(C(F)(F)F)CC2)CC1. The van der Waals surface area contributed by atoms with Gasteiger partial charge < -0.3 is 0 Å². The summed E-state index contributed by atoms with van der Waals surface area (Å²) in [4.78, 5) is 12.2. The minimum atomic E-state index is -4.28. The maximum Gasteiger partial charge on any atom is 0.391 e. The Labute approximate surface area is 140 Å². The van der Waals surface area contributed by atoms with E-state index in [9.17, 15) is 26.4 Å². The number of carbonyl (C=O) groups excluding carboxylic acids is 1. The molecule has 24 heavy (non-hydrogen) atoms. The first-order valence-corrected chi connectivity index (χ1v) is 9.82. The van der Waals surface area contributed by atoms with Crippen LogP contribution in [0.15, 0.2) is 11.1 Å². The normalized spacial score (nSPS) is 29.5. The zero-order chi connectivity index (χ0) is 18.1. The van der Waals surface area contributed by atoms with Gasteiger partial charge in [0, 0.05) is 5.92 Å². The predicted octanol–water partition coefficient (Wildman–Crippen LogP) is 3.69. The van der Waals surface area contributed by atoms with E-state index in [1.807, 2.05) is 13.8 Å². The van der Waals surface area contributed by atoms with Gasteiger partial charge in [0.05, 0.1) is 11.2 Å². The molecule has 0 aromatic rings. The molecule has 2 aliphatic rings. The van der Waals surface area contributed by atoms with E-state index >= 15 is 0 Å². The summed E-state index contributed by atoms with van der Waals surface area (Å²) in [5.41, 5.74) is 2.33. The number of carbonyl (C=O) groups is 1. The fourth-order valence-electron chi connectivity index (χ4n) is 3.48. The molecule has 1 unspecified atom stereocenters. The number of amides is 1. The molecule has 0 bridgehead atoms. The van der Waals surface area contributed by atoms with Crippen molar-refractivity contribution in [2.45, 2.75) is 70.2 Å². The Kier molecular flexibility index (Phi) is 5.67. The van der Waals surface area contributed by atoms with Crippen molar-refractivity contribution in [1.82, 2.24) is 4.72 Å². The minimum Gasteiger partial charge on any atom is -0.274 e. The molecular weight excluding hydrogens is 343 g/mol. The summed E-state index contributed by atoms with van der Waals surface area (Å²) in [7, 11) is -3.91. The summed E-state index contributed by atoms with van der Waals surface area (Å²) >= 11 is 0. The number of hydrogen-bond donors (Lipinski definition) is 1. The molecule has 1 saturated carbocycles. The van der Waals surface area contributed by atoms with Crippen LogP contribution in [0.5, 0.6) is 0 Å². The molecule has 0 aromatic heterocycles.